The third-order valence-electron chi connectivity index (χ3n) is 6.00. The summed E-state index contributed by atoms with van der Waals surface area (Å²) in [4.78, 5) is 14.5. The maximum Gasteiger partial charge on any atom is 0.241 e. The van der Waals surface area contributed by atoms with Crippen LogP contribution in [0.1, 0.15) is 50.3 Å². The fourth-order valence-electron chi connectivity index (χ4n) is 4.35. The Kier molecular flexibility index (Phi) is 3.72. The molecule has 1 amide bonds. The molecule has 2 aromatic carbocycles. The summed E-state index contributed by atoms with van der Waals surface area (Å²) >= 11 is 0. The molecule has 26 heavy (non-hydrogen) atoms. The van der Waals surface area contributed by atoms with Crippen LogP contribution in [0.15, 0.2) is 54.6 Å². The van der Waals surface area contributed by atoms with E-state index in [1.54, 1.807) is 0 Å². The second kappa shape index (κ2) is 5.73. The van der Waals surface area contributed by atoms with E-state index in [4.69, 9.17) is 0 Å². The van der Waals surface area contributed by atoms with E-state index in [-0.39, 0.29) is 11.3 Å². The topological polar surface area (TPSA) is 32.3 Å². The smallest absolute Gasteiger partial charge is 0.241 e. The van der Waals surface area contributed by atoms with Crippen LogP contribution in [0.5, 0.6) is 0 Å². The monoisotopic (exact) mass is 346 g/mol. The molecule has 4 rings (SSSR count). The van der Waals surface area contributed by atoms with Gasteiger partial charge in [-0.25, -0.2) is 0 Å². The van der Waals surface area contributed by atoms with Gasteiger partial charge >= 0.3 is 0 Å². The first-order valence-electron chi connectivity index (χ1n) is 9.32. The molecular weight excluding hydrogens is 320 g/mol. The van der Waals surface area contributed by atoms with Gasteiger partial charge in [-0.05, 0) is 34.8 Å². The van der Waals surface area contributed by atoms with Crippen molar-refractivity contribution < 1.29 is 4.79 Å². The number of nitrogens with zero attached hydrogens (tertiary/aromatic N) is 1. The lowest BCUT2D eigenvalue weighted by Gasteiger charge is -2.40. The number of carbonyl (C=O) groups is 1. The van der Waals surface area contributed by atoms with Crippen LogP contribution in [-0.2, 0) is 10.2 Å². The number of hydrogen-bond donors (Lipinski definition) is 1. The molecule has 2 heterocycles. The summed E-state index contributed by atoms with van der Waals surface area (Å²) in [5.41, 5.74) is 4.17. The molecule has 3 nitrogen and oxygen atoms in total. The van der Waals surface area contributed by atoms with Gasteiger partial charge in [0.25, 0.3) is 0 Å². The highest BCUT2D eigenvalue weighted by Gasteiger charge is 2.59. The number of nitrogens with one attached hydrogen (secondary N) is 1. The lowest BCUT2D eigenvalue weighted by atomic mass is 9.75. The van der Waals surface area contributed by atoms with Crippen molar-refractivity contribution >= 4 is 17.7 Å². The highest BCUT2D eigenvalue weighted by molar-refractivity contribution is 5.91. The van der Waals surface area contributed by atoms with E-state index < -0.39 is 5.66 Å². The van der Waals surface area contributed by atoms with Gasteiger partial charge in [-0.15, -0.1) is 0 Å². The molecule has 0 bridgehead atoms. The summed E-state index contributed by atoms with van der Waals surface area (Å²) in [6.07, 6.45) is 4.30. The van der Waals surface area contributed by atoms with Crippen molar-refractivity contribution in [3.05, 3.63) is 71.3 Å². The van der Waals surface area contributed by atoms with Gasteiger partial charge in [-0.1, -0.05) is 76.2 Å². The molecule has 2 aliphatic heterocycles. The molecule has 0 radical (unpaired) electrons. The number of benzene rings is 2. The maximum absolute atomic E-state index is 12.3. The zero-order valence-corrected chi connectivity index (χ0v) is 15.9. The Morgan fingerprint density at radius 1 is 1.08 bits per heavy atom. The minimum atomic E-state index is -0.523. The molecule has 1 N–H and O–H groups in total. The summed E-state index contributed by atoms with van der Waals surface area (Å²) in [5.74, 6) is 0.604. The van der Waals surface area contributed by atoms with Crippen molar-refractivity contribution in [2.24, 2.45) is 0 Å². The third kappa shape index (κ3) is 2.30. The van der Waals surface area contributed by atoms with Gasteiger partial charge < -0.3 is 10.2 Å². The predicted octanol–water partition coefficient (Wildman–Crippen LogP) is 4.45. The molecule has 2 aliphatic rings. The largest absolute Gasteiger partial charge is 0.335 e. The van der Waals surface area contributed by atoms with Crippen LogP contribution in [0.4, 0.5) is 5.69 Å². The molecule has 0 aromatic heterocycles. The van der Waals surface area contributed by atoms with Crippen molar-refractivity contribution in [2.75, 3.05) is 11.4 Å². The van der Waals surface area contributed by atoms with Crippen molar-refractivity contribution in [3.8, 4) is 0 Å². The molecule has 1 fully saturated rings. The zero-order valence-electron chi connectivity index (χ0n) is 15.9. The first-order valence-corrected chi connectivity index (χ1v) is 9.32. The van der Waals surface area contributed by atoms with E-state index in [0.29, 0.717) is 12.5 Å². The second-order valence-corrected chi connectivity index (χ2v) is 8.20. The summed E-state index contributed by atoms with van der Waals surface area (Å²) in [6.45, 7) is 9.23. The van der Waals surface area contributed by atoms with Crippen molar-refractivity contribution in [1.29, 1.82) is 0 Å². The first kappa shape index (κ1) is 16.9. The van der Waals surface area contributed by atoms with Gasteiger partial charge in [0.05, 0.1) is 6.54 Å². The van der Waals surface area contributed by atoms with E-state index in [2.05, 4.69) is 92.5 Å². The lowest BCUT2D eigenvalue weighted by molar-refractivity contribution is -0.118. The summed E-state index contributed by atoms with van der Waals surface area (Å²) < 4.78 is 0. The fourth-order valence-corrected chi connectivity index (χ4v) is 4.35. The molecule has 1 saturated heterocycles. The molecule has 2 aromatic rings. The van der Waals surface area contributed by atoms with E-state index in [0.717, 1.165) is 11.3 Å². The van der Waals surface area contributed by atoms with E-state index >= 15 is 0 Å². The van der Waals surface area contributed by atoms with Crippen LogP contribution < -0.4 is 10.2 Å². The normalized spacial score (nSPS) is 23.4. The highest BCUT2D eigenvalue weighted by atomic mass is 16.2. The minimum absolute atomic E-state index is 0.0763. The molecule has 134 valence electrons. The average molecular weight is 346 g/mol. The molecule has 0 spiro atoms. The molecule has 0 saturated carbocycles. The molecular formula is C23H26N2O. The maximum atomic E-state index is 12.3. The number of rotatable bonds is 3. The molecule has 0 aliphatic carbocycles. The summed E-state index contributed by atoms with van der Waals surface area (Å²) in [6, 6.07) is 17.1. The van der Waals surface area contributed by atoms with Gasteiger partial charge in [-0.2, -0.15) is 0 Å². The number of fused-ring (bicyclic) bond motifs is 3. The SMILES string of the molecule is CC(C)c1ccc(C=C[C@@]23NC(=O)CN2c2ccccc2C3(C)C)cc1. The lowest BCUT2D eigenvalue weighted by Crippen LogP contribution is -2.58. The predicted molar refractivity (Wildman–Crippen MR) is 107 cm³/mol. The van der Waals surface area contributed by atoms with Crippen molar-refractivity contribution in [3.63, 3.8) is 0 Å². The van der Waals surface area contributed by atoms with Crippen LogP contribution in [0.3, 0.4) is 0 Å². The van der Waals surface area contributed by atoms with Gasteiger partial charge in [0.1, 0.15) is 5.66 Å². The van der Waals surface area contributed by atoms with Crippen molar-refractivity contribution in [2.45, 2.75) is 44.7 Å². The Bertz CT molecular complexity index is 879. The van der Waals surface area contributed by atoms with Gasteiger partial charge in [0.2, 0.25) is 5.91 Å². The number of para-hydroxylation sites is 1. The number of hydrogen-bond acceptors (Lipinski definition) is 2. The van der Waals surface area contributed by atoms with Crippen molar-refractivity contribution in [1.82, 2.24) is 5.32 Å². The van der Waals surface area contributed by atoms with Gasteiger partial charge in [0.15, 0.2) is 0 Å². The number of amides is 1. The van der Waals surface area contributed by atoms with Crippen LogP contribution in [-0.4, -0.2) is 18.1 Å². The van der Waals surface area contributed by atoms with Crippen LogP contribution >= 0.6 is 0 Å². The Balaban J connectivity index is 1.75. The van der Waals surface area contributed by atoms with Gasteiger partial charge in [0, 0.05) is 11.1 Å². The Morgan fingerprint density at radius 3 is 2.46 bits per heavy atom. The third-order valence-corrected chi connectivity index (χ3v) is 6.00. The number of anilines is 1. The minimum Gasteiger partial charge on any atom is -0.335 e. The zero-order chi connectivity index (χ0) is 18.5. The van der Waals surface area contributed by atoms with E-state index in [9.17, 15) is 4.79 Å². The van der Waals surface area contributed by atoms with Crippen LogP contribution in [0, 0.1) is 0 Å². The summed E-state index contributed by atoms with van der Waals surface area (Å²) in [7, 11) is 0. The Labute approximate surface area is 155 Å². The first-order chi connectivity index (χ1) is 12.3. The fraction of sp³-hybridized carbons (Fsp3) is 0.348. The van der Waals surface area contributed by atoms with Gasteiger partial charge in [-0.3, -0.25) is 4.79 Å². The Morgan fingerprint density at radius 2 is 1.77 bits per heavy atom. The van der Waals surface area contributed by atoms with Crippen LogP contribution in [0.25, 0.3) is 6.08 Å². The number of carbonyl (C=O) groups excluding carboxylic acids is 1. The Hall–Kier alpha value is -2.55. The second-order valence-electron chi connectivity index (χ2n) is 8.20. The van der Waals surface area contributed by atoms with E-state index in [1.807, 2.05) is 6.07 Å². The standard InChI is InChI=1S/C23H26N2O/c1-16(2)18-11-9-17(10-12-18)13-14-23-22(3,4)19-7-5-6-8-20(19)25(23)15-21(26)24-23/h5-14,16H,15H2,1-4H3,(H,24,26)/t23-/m1/s1. The highest BCUT2D eigenvalue weighted by Crippen LogP contribution is 2.52. The molecule has 3 heteroatoms. The van der Waals surface area contributed by atoms with E-state index in [1.165, 1.54) is 11.1 Å². The quantitative estimate of drug-likeness (QED) is 0.891. The van der Waals surface area contributed by atoms with Crippen LogP contribution in [0.2, 0.25) is 0 Å². The summed E-state index contributed by atoms with van der Waals surface area (Å²) in [5, 5.41) is 3.27. The molecule has 0 unspecified atom stereocenters. The average Bonchev–Trinajstić information content (AvgIpc) is 3.05. The molecule has 1 atom stereocenters.